The second-order valence-corrected chi connectivity index (χ2v) is 6.05. The molecule has 1 aliphatic rings. The molecule has 18 heavy (non-hydrogen) atoms. The van der Waals surface area contributed by atoms with Gasteiger partial charge in [0.2, 0.25) is 0 Å². The van der Waals surface area contributed by atoms with E-state index in [0.29, 0.717) is 6.04 Å². The number of hydrogen-bond donors (Lipinski definition) is 1. The molecule has 0 spiro atoms. The molecule has 1 aromatic carbocycles. The molecule has 0 bridgehead atoms. The van der Waals surface area contributed by atoms with Crippen LogP contribution in [0.15, 0.2) is 18.2 Å². The molecule has 2 heterocycles. The first kappa shape index (κ1) is 11.5. The molecule has 0 saturated carbocycles. The lowest BCUT2D eigenvalue weighted by atomic mass is 9.84. The lowest BCUT2D eigenvalue weighted by Crippen LogP contribution is -2.32. The number of aromatic nitrogens is 2. The third kappa shape index (κ3) is 1.67. The maximum absolute atomic E-state index is 13.3. The Balaban J connectivity index is 2.21. The number of rotatable bonds is 0. The lowest BCUT2D eigenvalue weighted by Gasteiger charge is -2.35. The van der Waals surface area contributed by atoms with Gasteiger partial charge in [0.05, 0.1) is 11.6 Å². The van der Waals surface area contributed by atoms with Gasteiger partial charge in [-0.05, 0) is 24.0 Å². The quantitative estimate of drug-likeness (QED) is 0.771. The molecule has 1 aromatic heterocycles. The molecular weight excluding hydrogens is 229 g/mol. The van der Waals surface area contributed by atoms with E-state index >= 15 is 0 Å². The largest absolute Gasteiger partial charge is 0.370 e. The molecule has 0 radical (unpaired) electrons. The molecule has 0 aliphatic carbocycles. The summed E-state index contributed by atoms with van der Waals surface area (Å²) in [4.78, 5) is 0. The van der Waals surface area contributed by atoms with Crippen molar-refractivity contribution in [2.45, 2.75) is 33.2 Å². The first-order valence-electron chi connectivity index (χ1n) is 6.38. The molecule has 2 aromatic rings. The molecule has 0 fully saturated rings. The van der Waals surface area contributed by atoms with E-state index < -0.39 is 0 Å². The van der Waals surface area contributed by atoms with Crippen molar-refractivity contribution in [1.82, 2.24) is 9.78 Å². The van der Waals surface area contributed by atoms with Crippen molar-refractivity contribution in [2.24, 2.45) is 5.41 Å². The summed E-state index contributed by atoms with van der Waals surface area (Å²) in [6.45, 7) is 7.61. The van der Waals surface area contributed by atoms with Crippen molar-refractivity contribution in [3.05, 3.63) is 24.0 Å². The zero-order chi connectivity index (χ0) is 12.9. The SMILES string of the molecule is CC(C)(C)C1CCNc2c3ccc(F)cc3nn21. The highest BCUT2D eigenvalue weighted by Crippen LogP contribution is 2.40. The summed E-state index contributed by atoms with van der Waals surface area (Å²) in [5, 5.41) is 8.97. The molecule has 0 saturated heterocycles. The van der Waals surface area contributed by atoms with Gasteiger partial charge in [-0.15, -0.1) is 0 Å². The second kappa shape index (κ2) is 3.70. The van der Waals surface area contributed by atoms with Gasteiger partial charge in [-0.25, -0.2) is 9.07 Å². The van der Waals surface area contributed by atoms with Crippen LogP contribution in [-0.2, 0) is 0 Å². The normalized spacial score (nSPS) is 19.7. The average Bonchev–Trinajstić information content (AvgIpc) is 2.64. The van der Waals surface area contributed by atoms with Crippen LogP contribution in [0.4, 0.5) is 10.2 Å². The lowest BCUT2D eigenvalue weighted by molar-refractivity contribution is 0.211. The minimum Gasteiger partial charge on any atom is -0.370 e. The fourth-order valence-corrected chi connectivity index (χ4v) is 2.73. The van der Waals surface area contributed by atoms with Gasteiger partial charge >= 0.3 is 0 Å². The van der Waals surface area contributed by atoms with Crippen LogP contribution >= 0.6 is 0 Å². The van der Waals surface area contributed by atoms with Crippen molar-refractivity contribution in [1.29, 1.82) is 0 Å². The van der Waals surface area contributed by atoms with Gasteiger partial charge in [0.25, 0.3) is 0 Å². The minimum absolute atomic E-state index is 0.150. The zero-order valence-electron chi connectivity index (χ0n) is 11.0. The maximum atomic E-state index is 13.3. The molecule has 3 nitrogen and oxygen atoms in total. The third-order valence-corrected chi connectivity index (χ3v) is 3.66. The second-order valence-electron chi connectivity index (χ2n) is 6.05. The van der Waals surface area contributed by atoms with E-state index in [4.69, 9.17) is 0 Å². The fraction of sp³-hybridized carbons (Fsp3) is 0.500. The van der Waals surface area contributed by atoms with E-state index in [1.165, 1.54) is 12.1 Å². The van der Waals surface area contributed by atoms with Gasteiger partial charge in [-0.2, -0.15) is 5.10 Å². The fourth-order valence-electron chi connectivity index (χ4n) is 2.73. The van der Waals surface area contributed by atoms with Crippen LogP contribution in [0.25, 0.3) is 10.9 Å². The Morgan fingerprint density at radius 3 is 2.89 bits per heavy atom. The van der Waals surface area contributed by atoms with Crippen LogP contribution in [0.2, 0.25) is 0 Å². The van der Waals surface area contributed by atoms with Gasteiger partial charge in [-0.3, -0.25) is 0 Å². The number of benzene rings is 1. The highest BCUT2D eigenvalue weighted by atomic mass is 19.1. The number of fused-ring (bicyclic) bond motifs is 3. The molecule has 1 aliphatic heterocycles. The Labute approximate surface area is 106 Å². The van der Waals surface area contributed by atoms with Gasteiger partial charge in [-0.1, -0.05) is 20.8 Å². The topological polar surface area (TPSA) is 29.9 Å². The molecule has 1 unspecified atom stereocenters. The standard InChI is InChI=1S/C14H18FN3/c1-14(2,3)12-6-7-16-13-10-5-4-9(15)8-11(10)17-18(12)13/h4-5,8,12,16H,6-7H2,1-3H3. The van der Waals surface area contributed by atoms with Crippen LogP contribution in [0, 0.1) is 11.2 Å². The number of nitrogens with zero attached hydrogens (tertiary/aromatic N) is 2. The van der Waals surface area contributed by atoms with Crippen molar-refractivity contribution in [2.75, 3.05) is 11.9 Å². The van der Waals surface area contributed by atoms with Gasteiger partial charge < -0.3 is 5.32 Å². The Hall–Kier alpha value is -1.58. The van der Waals surface area contributed by atoms with Crippen LogP contribution in [0.1, 0.15) is 33.2 Å². The Bertz CT molecular complexity index is 595. The summed E-state index contributed by atoms with van der Waals surface area (Å²) in [5.74, 6) is 0.793. The van der Waals surface area contributed by atoms with E-state index in [1.54, 1.807) is 0 Å². The van der Waals surface area contributed by atoms with E-state index in [9.17, 15) is 4.39 Å². The Kier molecular flexibility index (Phi) is 2.37. The van der Waals surface area contributed by atoms with E-state index in [1.807, 2.05) is 10.7 Å². The minimum atomic E-state index is -0.231. The molecule has 1 atom stereocenters. The van der Waals surface area contributed by atoms with Crippen molar-refractivity contribution in [3.8, 4) is 0 Å². The summed E-state index contributed by atoms with van der Waals surface area (Å²) < 4.78 is 15.3. The van der Waals surface area contributed by atoms with Crippen LogP contribution in [0.5, 0.6) is 0 Å². The smallest absolute Gasteiger partial charge is 0.132 e. The average molecular weight is 247 g/mol. The maximum Gasteiger partial charge on any atom is 0.132 e. The molecule has 96 valence electrons. The van der Waals surface area contributed by atoms with E-state index in [0.717, 1.165) is 29.7 Å². The third-order valence-electron chi connectivity index (χ3n) is 3.66. The van der Waals surface area contributed by atoms with Crippen LogP contribution in [-0.4, -0.2) is 16.3 Å². The van der Waals surface area contributed by atoms with Crippen molar-refractivity contribution in [3.63, 3.8) is 0 Å². The molecule has 4 heteroatoms. The summed E-state index contributed by atoms with van der Waals surface area (Å²) >= 11 is 0. The summed E-state index contributed by atoms with van der Waals surface area (Å²) in [5.41, 5.74) is 0.880. The monoisotopic (exact) mass is 247 g/mol. The van der Waals surface area contributed by atoms with Gasteiger partial charge in [0, 0.05) is 18.0 Å². The van der Waals surface area contributed by atoms with E-state index in [2.05, 4.69) is 31.2 Å². The van der Waals surface area contributed by atoms with Crippen LogP contribution < -0.4 is 5.32 Å². The first-order valence-corrected chi connectivity index (χ1v) is 6.38. The van der Waals surface area contributed by atoms with Crippen molar-refractivity contribution >= 4 is 16.7 Å². The molecule has 0 amide bonds. The number of nitrogens with one attached hydrogen (secondary N) is 1. The van der Waals surface area contributed by atoms with Gasteiger partial charge in [0.1, 0.15) is 11.6 Å². The predicted molar refractivity (Wildman–Crippen MR) is 71.3 cm³/mol. The zero-order valence-corrected chi connectivity index (χ0v) is 11.0. The number of halogens is 1. The highest BCUT2D eigenvalue weighted by molar-refractivity contribution is 5.90. The predicted octanol–water partition coefficient (Wildman–Crippen LogP) is 3.58. The summed E-state index contributed by atoms with van der Waals surface area (Å²) in [7, 11) is 0. The molecule has 3 rings (SSSR count). The first-order chi connectivity index (χ1) is 8.47. The van der Waals surface area contributed by atoms with Crippen molar-refractivity contribution < 1.29 is 4.39 Å². The highest BCUT2D eigenvalue weighted by Gasteiger charge is 2.32. The molecular formula is C14H18FN3. The Morgan fingerprint density at radius 2 is 2.17 bits per heavy atom. The summed E-state index contributed by atoms with van der Waals surface area (Å²) in [6, 6.07) is 5.15. The molecule has 1 N–H and O–H groups in total. The summed E-state index contributed by atoms with van der Waals surface area (Å²) in [6.07, 6.45) is 1.05. The van der Waals surface area contributed by atoms with Gasteiger partial charge in [0.15, 0.2) is 0 Å². The van der Waals surface area contributed by atoms with E-state index in [-0.39, 0.29) is 11.2 Å². The van der Waals surface area contributed by atoms with Crippen LogP contribution in [0.3, 0.4) is 0 Å². The Morgan fingerprint density at radius 1 is 1.39 bits per heavy atom. The number of anilines is 1. The number of hydrogen-bond acceptors (Lipinski definition) is 2.